The van der Waals surface area contributed by atoms with Gasteiger partial charge in [0.2, 0.25) is 0 Å². The van der Waals surface area contributed by atoms with E-state index in [1.54, 1.807) is 0 Å². The summed E-state index contributed by atoms with van der Waals surface area (Å²) in [5, 5.41) is 3.25. The van der Waals surface area contributed by atoms with Crippen LogP contribution in [0.5, 0.6) is 0 Å². The fraction of sp³-hybridized carbons (Fsp3) is 0.182. The first-order valence-corrected chi connectivity index (χ1v) is 4.84. The molecule has 3 nitrogen and oxygen atoms in total. The summed E-state index contributed by atoms with van der Waals surface area (Å²) in [6.07, 6.45) is 3.29. The van der Waals surface area contributed by atoms with Crippen molar-refractivity contribution >= 4 is 23.8 Å². The van der Waals surface area contributed by atoms with Crippen LogP contribution in [0.4, 0.5) is 4.79 Å². The minimum atomic E-state index is -0.434. The predicted octanol–water partition coefficient (Wildman–Crippen LogP) is 2.71. The molecule has 0 bridgehead atoms. The lowest BCUT2D eigenvalue weighted by Gasteiger charge is -1.98. The van der Waals surface area contributed by atoms with Crippen molar-refractivity contribution in [3.8, 4) is 0 Å². The van der Waals surface area contributed by atoms with E-state index in [0.29, 0.717) is 11.6 Å². The average Bonchev–Trinajstić information content (AvgIpc) is 2.26. The van der Waals surface area contributed by atoms with Crippen molar-refractivity contribution in [2.75, 3.05) is 13.7 Å². The summed E-state index contributed by atoms with van der Waals surface area (Å²) in [7, 11) is 1.33. The minimum Gasteiger partial charge on any atom is -0.453 e. The minimum absolute atomic E-state index is 0.434. The molecule has 1 aromatic rings. The van der Waals surface area contributed by atoms with Gasteiger partial charge in [-0.15, -0.1) is 0 Å². The highest BCUT2D eigenvalue weighted by atomic mass is 35.5. The Morgan fingerprint density at radius 3 is 2.73 bits per heavy atom. The van der Waals surface area contributed by atoms with Crippen molar-refractivity contribution in [3.63, 3.8) is 0 Å². The number of carbonyl (C=O) groups is 1. The Hall–Kier alpha value is -1.48. The first kappa shape index (κ1) is 11.6. The van der Waals surface area contributed by atoms with Crippen LogP contribution in [-0.2, 0) is 4.74 Å². The number of hydrogen-bond donors (Lipinski definition) is 1. The maximum atomic E-state index is 10.7. The molecule has 4 heteroatoms. The van der Waals surface area contributed by atoms with Crippen LogP contribution in [0.2, 0.25) is 5.02 Å². The molecule has 0 spiro atoms. The molecule has 0 saturated heterocycles. The molecule has 0 atom stereocenters. The SMILES string of the molecule is COC(=O)NCC=Cc1ccc(Cl)cc1. The third-order valence-corrected chi connectivity index (χ3v) is 1.98. The Morgan fingerprint density at radius 2 is 2.13 bits per heavy atom. The molecule has 0 aliphatic heterocycles. The average molecular weight is 226 g/mol. The molecule has 80 valence electrons. The molecule has 1 amide bonds. The highest BCUT2D eigenvalue weighted by Gasteiger charge is 1.92. The van der Waals surface area contributed by atoms with Crippen molar-refractivity contribution in [3.05, 3.63) is 40.9 Å². The molecule has 1 rings (SSSR count). The third-order valence-electron chi connectivity index (χ3n) is 1.73. The second-order valence-electron chi connectivity index (χ2n) is 2.83. The Kier molecular flexibility index (Phi) is 4.71. The van der Waals surface area contributed by atoms with Gasteiger partial charge in [0.25, 0.3) is 0 Å². The van der Waals surface area contributed by atoms with E-state index in [-0.39, 0.29) is 0 Å². The summed E-state index contributed by atoms with van der Waals surface area (Å²) in [5.41, 5.74) is 1.03. The lowest BCUT2D eigenvalue weighted by molar-refractivity contribution is 0.172. The van der Waals surface area contributed by atoms with Gasteiger partial charge in [-0.25, -0.2) is 4.79 Å². The van der Waals surface area contributed by atoms with Crippen molar-refractivity contribution in [2.24, 2.45) is 0 Å². The fourth-order valence-corrected chi connectivity index (χ4v) is 1.11. The summed E-state index contributed by atoms with van der Waals surface area (Å²) in [5.74, 6) is 0. The van der Waals surface area contributed by atoms with Gasteiger partial charge in [-0.1, -0.05) is 35.9 Å². The summed E-state index contributed by atoms with van der Waals surface area (Å²) in [6.45, 7) is 0.440. The monoisotopic (exact) mass is 225 g/mol. The zero-order valence-corrected chi connectivity index (χ0v) is 9.12. The maximum Gasteiger partial charge on any atom is 0.407 e. The van der Waals surface area contributed by atoms with Crippen LogP contribution in [0.3, 0.4) is 0 Å². The van der Waals surface area contributed by atoms with Gasteiger partial charge in [-0.2, -0.15) is 0 Å². The lowest BCUT2D eigenvalue weighted by Crippen LogP contribution is -2.22. The number of nitrogens with one attached hydrogen (secondary N) is 1. The van der Waals surface area contributed by atoms with Crippen molar-refractivity contribution in [2.45, 2.75) is 0 Å². The number of benzene rings is 1. The Bertz CT molecular complexity index is 346. The highest BCUT2D eigenvalue weighted by Crippen LogP contribution is 2.10. The third kappa shape index (κ3) is 4.51. The molecule has 0 aromatic heterocycles. The Labute approximate surface area is 93.7 Å². The number of ether oxygens (including phenoxy) is 1. The first-order valence-electron chi connectivity index (χ1n) is 4.46. The number of rotatable bonds is 3. The van der Waals surface area contributed by atoms with Gasteiger partial charge >= 0.3 is 6.09 Å². The molecule has 0 aliphatic carbocycles. The molecule has 0 unspecified atom stereocenters. The predicted molar refractivity (Wildman–Crippen MR) is 60.9 cm³/mol. The molecular weight excluding hydrogens is 214 g/mol. The topological polar surface area (TPSA) is 38.3 Å². The van der Waals surface area contributed by atoms with E-state index in [1.165, 1.54) is 7.11 Å². The van der Waals surface area contributed by atoms with Gasteiger partial charge < -0.3 is 10.1 Å². The number of carbonyl (C=O) groups excluding carboxylic acids is 1. The number of hydrogen-bond acceptors (Lipinski definition) is 2. The van der Waals surface area contributed by atoms with E-state index in [0.717, 1.165) is 5.56 Å². The smallest absolute Gasteiger partial charge is 0.407 e. The summed E-state index contributed by atoms with van der Waals surface area (Å²) in [4.78, 5) is 10.7. The molecule has 0 heterocycles. The molecule has 0 saturated carbocycles. The van der Waals surface area contributed by atoms with Gasteiger partial charge in [-0.3, -0.25) is 0 Å². The maximum absolute atomic E-state index is 10.7. The molecule has 15 heavy (non-hydrogen) atoms. The quantitative estimate of drug-likeness (QED) is 0.859. The van der Waals surface area contributed by atoms with Crippen molar-refractivity contribution in [1.29, 1.82) is 0 Å². The number of halogens is 1. The molecule has 0 radical (unpaired) electrons. The molecule has 1 aromatic carbocycles. The Morgan fingerprint density at radius 1 is 1.47 bits per heavy atom. The largest absolute Gasteiger partial charge is 0.453 e. The fourth-order valence-electron chi connectivity index (χ4n) is 0.983. The second kappa shape index (κ2) is 6.09. The van der Waals surface area contributed by atoms with E-state index in [1.807, 2.05) is 36.4 Å². The van der Waals surface area contributed by atoms with Gasteiger partial charge in [0.05, 0.1) is 7.11 Å². The van der Waals surface area contributed by atoms with E-state index in [4.69, 9.17) is 11.6 Å². The molecule has 0 fully saturated rings. The van der Waals surface area contributed by atoms with E-state index in [2.05, 4.69) is 10.1 Å². The van der Waals surface area contributed by atoms with Crippen LogP contribution in [0, 0.1) is 0 Å². The van der Waals surface area contributed by atoms with Crippen LogP contribution in [0.1, 0.15) is 5.56 Å². The number of alkyl carbamates (subject to hydrolysis) is 1. The second-order valence-corrected chi connectivity index (χ2v) is 3.26. The zero-order valence-electron chi connectivity index (χ0n) is 8.37. The highest BCUT2D eigenvalue weighted by molar-refractivity contribution is 6.30. The molecule has 1 N–H and O–H groups in total. The van der Waals surface area contributed by atoms with Crippen LogP contribution in [-0.4, -0.2) is 19.7 Å². The number of methoxy groups -OCH3 is 1. The molecule has 0 aliphatic rings. The summed E-state index contributed by atoms with van der Waals surface area (Å²) < 4.78 is 4.42. The molecular formula is C11H12ClNO2. The summed E-state index contributed by atoms with van der Waals surface area (Å²) >= 11 is 5.74. The van der Waals surface area contributed by atoms with Gasteiger partial charge in [-0.05, 0) is 17.7 Å². The van der Waals surface area contributed by atoms with Crippen LogP contribution < -0.4 is 5.32 Å². The van der Waals surface area contributed by atoms with E-state index >= 15 is 0 Å². The Balaban J connectivity index is 2.38. The van der Waals surface area contributed by atoms with Crippen LogP contribution in [0.25, 0.3) is 6.08 Å². The van der Waals surface area contributed by atoms with Crippen molar-refractivity contribution < 1.29 is 9.53 Å². The standard InChI is InChI=1S/C11H12ClNO2/c1-15-11(14)13-8-2-3-9-4-6-10(12)7-5-9/h2-7H,8H2,1H3,(H,13,14). The van der Waals surface area contributed by atoms with E-state index in [9.17, 15) is 4.79 Å². The van der Waals surface area contributed by atoms with Crippen LogP contribution in [0.15, 0.2) is 30.3 Å². The van der Waals surface area contributed by atoms with Gasteiger partial charge in [0, 0.05) is 11.6 Å². The van der Waals surface area contributed by atoms with Gasteiger partial charge in [0.1, 0.15) is 0 Å². The van der Waals surface area contributed by atoms with Gasteiger partial charge in [0.15, 0.2) is 0 Å². The number of amides is 1. The summed E-state index contributed by atoms with van der Waals surface area (Å²) in [6, 6.07) is 7.43. The zero-order chi connectivity index (χ0) is 11.1. The first-order chi connectivity index (χ1) is 7.22. The lowest BCUT2D eigenvalue weighted by atomic mass is 10.2. The van der Waals surface area contributed by atoms with E-state index < -0.39 is 6.09 Å². The van der Waals surface area contributed by atoms with Crippen molar-refractivity contribution in [1.82, 2.24) is 5.32 Å². The van der Waals surface area contributed by atoms with Crippen LogP contribution >= 0.6 is 11.6 Å². The normalized spacial score (nSPS) is 10.3.